The van der Waals surface area contributed by atoms with E-state index in [2.05, 4.69) is 17.4 Å². The number of fused-ring (bicyclic) bond motifs is 1. The lowest BCUT2D eigenvalue weighted by atomic mass is 9.99. The quantitative estimate of drug-likeness (QED) is 0.304. The van der Waals surface area contributed by atoms with Crippen molar-refractivity contribution in [2.45, 2.75) is 44.6 Å². The van der Waals surface area contributed by atoms with E-state index in [0.29, 0.717) is 38.0 Å². The van der Waals surface area contributed by atoms with Crippen LogP contribution < -0.4 is 11.1 Å². The van der Waals surface area contributed by atoms with Gasteiger partial charge in [0.25, 0.3) is 5.91 Å². The Labute approximate surface area is 217 Å². The van der Waals surface area contributed by atoms with Crippen LogP contribution in [0.3, 0.4) is 0 Å². The summed E-state index contributed by atoms with van der Waals surface area (Å²) in [7, 11) is 0. The van der Waals surface area contributed by atoms with Crippen LogP contribution in [0.25, 0.3) is 0 Å². The number of nitrogens with two attached hydrogens (primary N) is 1. The molecule has 5 N–H and O–H groups in total. The predicted molar refractivity (Wildman–Crippen MR) is 140 cm³/mol. The highest BCUT2D eigenvalue weighted by molar-refractivity contribution is 5.94. The number of guanidine groups is 1. The van der Waals surface area contributed by atoms with Gasteiger partial charge in [0.05, 0.1) is 12.3 Å². The minimum Gasteiger partial charge on any atom is -0.481 e. The van der Waals surface area contributed by atoms with Gasteiger partial charge in [0.15, 0.2) is 5.96 Å². The van der Waals surface area contributed by atoms with E-state index in [9.17, 15) is 19.5 Å². The normalized spacial score (nSPS) is 19.3. The zero-order valence-electron chi connectivity index (χ0n) is 21.0. The maximum Gasteiger partial charge on any atom is 0.304 e. The third kappa shape index (κ3) is 6.67. The Kier molecular flexibility index (Phi) is 8.43. The number of hydrogen-bond acceptors (Lipinski definition) is 4. The van der Waals surface area contributed by atoms with Crippen molar-refractivity contribution in [1.82, 2.24) is 15.1 Å². The van der Waals surface area contributed by atoms with Crippen LogP contribution in [-0.2, 0) is 28.9 Å². The van der Waals surface area contributed by atoms with Crippen LogP contribution in [0.1, 0.15) is 46.3 Å². The van der Waals surface area contributed by atoms with Gasteiger partial charge < -0.3 is 26.0 Å². The van der Waals surface area contributed by atoms with Gasteiger partial charge in [-0.3, -0.25) is 19.8 Å². The predicted octanol–water partition coefficient (Wildman–Crippen LogP) is 2.04. The summed E-state index contributed by atoms with van der Waals surface area (Å²) >= 11 is 0. The molecular formula is C28H35N5O4. The molecule has 2 heterocycles. The third-order valence-electron chi connectivity index (χ3n) is 7.37. The van der Waals surface area contributed by atoms with E-state index in [4.69, 9.17) is 11.1 Å². The monoisotopic (exact) mass is 505 g/mol. The van der Waals surface area contributed by atoms with Crippen molar-refractivity contribution in [2.75, 3.05) is 26.2 Å². The Balaban J connectivity index is 1.38. The van der Waals surface area contributed by atoms with Gasteiger partial charge in [-0.05, 0) is 60.9 Å². The number of carbonyl (C=O) groups excluding carboxylic acids is 2. The number of nitrogens with zero attached hydrogens (tertiary/aromatic N) is 2. The topological polar surface area (TPSA) is 140 Å². The lowest BCUT2D eigenvalue weighted by molar-refractivity contribution is -0.142. The summed E-state index contributed by atoms with van der Waals surface area (Å²) in [5, 5.41) is 19.9. The molecule has 0 spiro atoms. The summed E-state index contributed by atoms with van der Waals surface area (Å²) in [6, 6.07) is 15.5. The van der Waals surface area contributed by atoms with E-state index in [1.165, 1.54) is 5.56 Å². The summed E-state index contributed by atoms with van der Waals surface area (Å²) < 4.78 is 0. The molecule has 2 aliphatic heterocycles. The molecule has 196 valence electrons. The number of nitrogens with one attached hydrogen (secondary N) is 2. The van der Waals surface area contributed by atoms with E-state index in [1.807, 2.05) is 41.3 Å². The molecule has 0 bridgehead atoms. The number of carbonyl (C=O) groups is 3. The first kappa shape index (κ1) is 26.2. The van der Waals surface area contributed by atoms with Gasteiger partial charge in [-0.1, -0.05) is 36.4 Å². The van der Waals surface area contributed by atoms with Gasteiger partial charge in [-0.15, -0.1) is 0 Å². The van der Waals surface area contributed by atoms with Crippen molar-refractivity contribution in [1.29, 1.82) is 5.41 Å². The number of carboxylic acids is 1. The largest absolute Gasteiger partial charge is 0.481 e. The molecule has 4 rings (SSSR count). The molecule has 9 nitrogen and oxygen atoms in total. The fraction of sp³-hybridized carbons (Fsp3) is 0.429. The summed E-state index contributed by atoms with van der Waals surface area (Å²) in [6.07, 6.45) is 3.29. The molecule has 2 atom stereocenters. The molecule has 1 fully saturated rings. The molecule has 0 aromatic heterocycles. The molecule has 0 radical (unpaired) electrons. The molecule has 2 aliphatic rings. The number of benzene rings is 2. The van der Waals surface area contributed by atoms with Gasteiger partial charge >= 0.3 is 5.97 Å². The minimum absolute atomic E-state index is 0.0615. The van der Waals surface area contributed by atoms with Crippen LogP contribution in [0.4, 0.5) is 0 Å². The molecule has 1 saturated heterocycles. The highest BCUT2D eigenvalue weighted by atomic mass is 16.4. The molecule has 0 saturated carbocycles. The smallest absolute Gasteiger partial charge is 0.304 e. The first-order chi connectivity index (χ1) is 17.8. The van der Waals surface area contributed by atoms with Crippen molar-refractivity contribution in [3.8, 4) is 0 Å². The van der Waals surface area contributed by atoms with Crippen LogP contribution in [0, 0.1) is 11.3 Å². The van der Waals surface area contributed by atoms with E-state index >= 15 is 0 Å². The van der Waals surface area contributed by atoms with Crippen LogP contribution in [0.15, 0.2) is 48.5 Å². The second-order valence-corrected chi connectivity index (χ2v) is 9.87. The molecule has 0 aliphatic carbocycles. The Bertz CT molecular complexity index is 1150. The number of rotatable bonds is 9. The number of likely N-dealkylation sites (tertiary alicyclic amines) is 1. The average molecular weight is 506 g/mol. The Morgan fingerprint density at radius 1 is 1.08 bits per heavy atom. The van der Waals surface area contributed by atoms with Crippen molar-refractivity contribution in [2.24, 2.45) is 11.7 Å². The average Bonchev–Trinajstić information content (AvgIpc) is 3.04. The molecule has 2 unspecified atom stereocenters. The highest BCUT2D eigenvalue weighted by Crippen LogP contribution is 2.28. The minimum atomic E-state index is -0.986. The number of carboxylic acid groups (broad SMARTS) is 1. The molecule has 37 heavy (non-hydrogen) atoms. The Hall–Kier alpha value is -3.88. The second kappa shape index (κ2) is 11.9. The summed E-state index contributed by atoms with van der Waals surface area (Å²) in [4.78, 5) is 40.9. The lowest BCUT2D eigenvalue weighted by Crippen LogP contribution is -2.42. The standard InChI is InChI=1S/C28H35N5O4/c29-28(30)32-13-10-20-8-9-22(15-21(20)11-14-32)26(36)31-18-24-16-23(17-25(34)35)27(37)33(24)12-4-7-19-5-2-1-3-6-19/h1-3,5-6,8-9,15,23-24H,4,7,10-14,16-18H2,(H3,29,30)(H,31,36)(H,34,35). The fourth-order valence-electron chi connectivity index (χ4n) is 5.36. The number of aliphatic carboxylic acids is 1. The molecular weight excluding hydrogens is 470 g/mol. The zero-order chi connectivity index (χ0) is 26.4. The van der Waals surface area contributed by atoms with Gasteiger partial charge in [0, 0.05) is 37.8 Å². The summed E-state index contributed by atoms with van der Waals surface area (Å²) in [5.74, 6) is -1.84. The first-order valence-corrected chi connectivity index (χ1v) is 12.9. The molecule has 9 heteroatoms. The van der Waals surface area contributed by atoms with E-state index in [1.54, 1.807) is 4.90 Å². The Morgan fingerprint density at radius 2 is 1.81 bits per heavy atom. The second-order valence-electron chi connectivity index (χ2n) is 9.87. The van der Waals surface area contributed by atoms with E-state index in [-0.39, 0.29) is 36.8 Å². The number of aryl methyl sites for hydroxylation is 1. The van der Waals surface area contributed by atoms with Gasteiger partial charge in [0.1, 0.15) is 0 Å². The summed E-state index contributed by atoms with van der Waals surface area (Å²) in [6.45, 7) is 2.12. The van der Waals surface area contributed by atoms with Crippen LogP contribution >= 0.6 is 0 Å². The fourth-order valence-corrected chi connectivity index (χ4v) is 5.36. The third-order valence-corrected chi connectivity index (χ3v) is 7.37. The van der Waals surface area contributed by atoms with Crippen molar-refractivity contribution < 1.29 is 19.5 Å². The van der Waals surface area contributed by atoms with Gasteiger partial charge in [-0.2, -0.15) is 0 Å². The zero-order valence-corrected chi connectivity index (χ0v) is 21.0. The number of amides is 2. The van der Waals surface area contributed by atoms with Crippen LogP contribution in [-0.4, -0.2) is 70.9 Å². The number of hydrogen-bond donors (Lipinski definition) is 4. The molecule has 2 aromatic rings. The van der Waals surface area contributed by atoms with E-state index < -0.39 is 11.9 Å². The van der Waals surface area contributed by atoms with Gasteiger partial charge in [-0.25, -0.2) is 0 Å². The molecule has 2 amide bonds. The Morgan fingerprint density at radius 3 is 2.51 bits per heavy atom. The highest BCUT2D eigenvalue weighted by Gasteiger charge is 2.40. The van der Waals surface area contributed by atoms with Crippen LogP contribution in [0.5, 0.6) is 0 Å². The maximum absolute atomic E-state index is 13.0. The lowest BCUT2D eigenvalue weighted by Gasteiger charge is -2.25. The van der Waals surface area contributed by atoms with Crippen LogP contribution in [0.2, 0.25) is 0 Å². The first-order valence-electron chi connectivity index (χ1n) is 12.9. The summed E-state index contributed by atoms with van der Waals surface area (Å²) in [5.41, 5.74) is 9.63. The SMILES string of the molecule is N=C(N)N1CCc2ccc(C(=O)NCC3CC(CC(=O)O)C(=O)N3CCCc3ccccc3)cc2CC1. The van der Waals surface area contributed by atoms with Gasteiger partial charge in [0.2, 0.25) is 5.91 Å². The van der Waals surface area contributed by atoms with E-state index in [0.717, 1.165) is 30.4 Å². The maximum atomic E-state index is 13.0. The molecule has 2 aromatic carbocycles. The van der Waals surface area contributed by atoms with Crippen molar-refractivity contribution in [3.05, 3.63) is 70.8 Å². The van der Waals surface area contributed by atoms with Crippen molar-refractivity contribution >= 4 is 23.7 Å². The van der Waals surface area contributed by atoms with Crippen molar-refractivity contribution in [3.63, 3.8) is 0 Å².